The molecule has 0 bridgehead atoms. The fraction of sp³-hybridized carbons (Fsp3) is 0.714. The summed E-state index contributed by atoms with van der Waals surface area (Å²) in [5.74, 6) is 2.40. The van der Waals surface area contributed by atoms with E-state index in [1.54, 1.807) is 0 Å². The molecule has 1 rings (SSSR count). The third-order valence-electron chi connectivity index (χ3n) is 4.65. The smallest absolute Gasteiger partial charge is 0.107 e. The van der Waals surface area contributed by atoms with Crippen molar-refractivity contribution in [1.82, 2.24) is 0 Å². The summed E-state index contributed by atoms with van der Waals surface area (Å²) >= 11 is 0. The quantitative estimate of drug-likeness (QED) is 0.106. The molecule has 0 saturated carbocycles. The van der Waals surface area contributed by atoms with E-state index in [4.69, 9.17) is 53.8 Å². The molecule has 0 saturated heterocycles. The van der Waals surface area contributed by atoms with Gasteiger partial charge in [0.1, 0.15) is 6.61 Å². The van der Waals surface area contributed by atoms with Gasteiger partial charge >= 0.3 is 0 Å². The van der Waals surface area contributed by atoms with Crippen LogP contribution in [0.3, 0.4) is 0 Å². The van der Waals surface area contributed by atoms with Gasteiger partial charge in [0.25, 0.3) is 0 Å². The fourth-order valence-corrected chi connectivity index (χ4v) is 2.77. The molecule has 0 unspecified atom stereocenters. The van der Waals surface area contributed by atoms with Crippen LogP contribution in [0.2, 0.25) is 0 Å². The Balaban J connectivity index is 1.62. The molecule has 0 spiro atoms. The van der Waals surface area contributed by atoms with Crippen molar-refractivity contribution in [2.45, 2.75) is 6.61 Å². The first-order valence-corrected chi connectivity index (χ1v) is 13.2. The highest BCUT2D eigenvalue weighted by Crippen LogP contribution is 2.00. The minimum atomic E-state index is 0.311. The summed E-state index contributed by atoms with van der Waals surface area (Å²) < 4.78 is 54.1. The molecule has 0 aliphatic heterocycles. The third kappa shape index (κ3) is 26.0. The summed E-state index contributed by atoms with van der Waals surface area (Å²) in [7, 11) is 0. The van der Waals surface area contributed by atoms with Crippen LogP contribution in [-0.2, 0) is 54.0 Å². The lowest BCUT2D eigenvalue weighted by atomic mass is 10.2. The highest BCUT2D eigenvalue weighted by Gasteiger charge is 1.96. The van der Waals surface area contributed by atoms with Crippen molar-refractivity contribution in [3.05, 3.63) is 35.9 Å². The third-order valence-corrected chi connectivity index (χ3v) is 4.65. The van der Waals surface area contributed by atoms with Gasteiger partial charge in [-0.15, -0.1) is 6.42 Å². The fourth-order valence-electron chi connectivity index (χ4n) is 2.77. The van der Waals surface area contributed by atoms with Crippen LogP contribution in [0.1, 0.15) is 5.56 Å². The molecule has 0 aliphatic rings. The van der Waals surface area contributed by atoms with Crippen LogP contribution in [0, 0.1) is 12.3 Å². The minimum absolute atomic E-state index is 0.311. The molecule has 38 heavy (non-hydrogen) atoms. The Morgan fingerprint density at radius 3 is 1.00 bits per heavy atom. The largest absolute Gasteiger partial charge is 0.377 e. The van der Waals surface area contributed by atoms with Crippen LogP contribution in [0.25, 0.3) is 0 Å². The summed E-state index contributed by atoms with van der Waals surface area (Å²) in [6.45, 7) is 10.3. The molecule has 218 valence electrons. The molecule has 0 heterocycles. The lowest BCUT2D eigenvalue weighted by molar-refractivity contribution is -0.0264. The van der Waals surface area contributed by atoms with Crippen LogP contribution >= 0.6 is 0 Å². The Hall–Kier alpha value is -1.62. The van der Waals surface area contributed by atoms with E-state index >= 15 is 0 Å². The Morgan fingerprint density at radius 1 is 0.395 bits per heavy atom. The average Bonchev–Trinajstić information content (AvgIpc) is 2.94. The summed E-state index contributed by atoms with van der Waals surface area (Å²) in [4.78, 5) is 0. The maximum Gasteiger partial charge on any atom is 0.107 e. The highest BCUT2D eigenvalue weighted by atomic mass is 16.6. The topological polar surface area (TPSA) is 92.3 Å². The molecule has 0 amide bonds. The van der Waals surface area contributed by atoms with E-state index in [-0.39, 0.29) is 0 Å². The molecule has 0 atom stereocenters. The molecule has 10 nitrogen and oxygen atoms in total. The molecule has 0 radical (unpaired) electrons. The average molecular weight is 543 g/mol. The lowest BCUT2D eigenvalue weighted by Crippen LogP contribution is -2.15. The zero-order valence-corrected chi connectivity index (χ0v) is 22.7. The first kappa shape index (κ1) is 34.4. The molecule has 0 fully saturated rings. The standard InChI is InChI=1S/C28H46O10/c1-2-8-29-9-10-30-11-12-31-13-14-32-15-16-33-17-18-34-19-20-35-21-22-36-23-24-37-25-26-38-27-28-6-4-3-5-7-28/h1,3-7H,8-27H2. The van der Waals surface area contributed by atoms with Crippen molar-refractivity contribution in [1.29, 1.82) is 0 Å². The van der Waals surface area contributed by atoms with Crippen LogP contribution in [0.4, 0.5) is 0 Å². The van der Waals surface area contributed by atoms with E-state index in [0.29, 0.717) is 132 Å². The van der Waals surface area contributed by atoms with Crippen LogP contribution in [0.15, 0.2) is 30.3 Å². The number of terminal acetylenes is 1. The molecular weight excluding hydrogens is 496 g/mol. The zero-order valence-electron chi connectivity index (χ0n) is 22.7. The van der Waals surface area contributed by atoms with E-state index in [2.05, 4.69) is 5.92 Å². The van der Waals surface area contributed by atoms with Gasteiger partial charge in [0.2, 0.25) is 0 Å². The van der Waals surface area contributed by atoms with Gasteiger partial charge in [-0.1, -0.05) is 36.3 Å². The van der Waals surface area contributed by atoms with Crippen LogP contribution in [0.5, 0.6) is 0 Å². The Bertz CT molecular complexity index is 626. The Morgan fingerprint density at radius 2 is 0.684 bits per heavy atom. The summed E-state index contributed by atoms with van der Waals surface area (Å²) in [6, 6.07) is 10.1. The Labute approximate surface area is 228 Å². The van der Waals surface area contributed by atoms with Gasteiger partial charge in [0.15, 0.2) is 0 Å². The van der Waals surface area contributed by atoms with Gasteiger partial charge in [-0.25, -0.2) is 0 Å². The first-order chi connectivity index (χ1) is 18.9. The van der Waals surface area contributed by atoms with Crippen molar-refractivity contribution < 1.29 is 47.4 Å². The SMILES string of the molecule is C#CCOCCOCCOCCOCCOCCOCCOCCOCCOCCOCc1ccccc1. The first-order valence-electron chi connectivity index (χ1n) is 13.2. The maximum atomic E-state index is 5.55. The van der Waals surface area contributed by atoms with E-state index in [0.717, 1.165) is 5.56 Å². The number of rotatable bonds is 30. The summed E-state index contributed by atoms with van der Waals surface area (Å²) in [5.41, 5.74) is 1.16. The van der Waals surface area contributed by atoms with Crippen LogP contribution in [-0.4, -0.2) is 126 Å². The second kappa shape index (κ2) is 29.9. The highest BCUT2D eigenvalue weighted by molar-refractivity contribution is 5.13. The predicted molar refractivity (Wildman–Crippen MR) is 142 cm³/mol. The monoisotopic (exact) mass is 542 g/mol. The number of hydrogen-bond acceptors (Lipinski definition) is 10. The summed E-state index contributed by atoms with van der Waals surface area (Å²) in [6.07, 6.45) is 5.07. The molecule has 1 aromatic rings. The maximum absolute atomic E-state index is 5.55. The van der Waals surface area contributed by atoms with Gasteiger partial charge in [0, 0.05) is 0 Å². The molecule has 0 aliphatic carbocycles. The molecule has 10 heteroatoms. The predicted octanol–water partition coefficient (Wildman–Crippen LogP) is 1.99. The zero-order chi connectivity index (χ0) is 27.0. The van der Waals surface area contributed by atoms with E-state index < -0.39 is 0 Å². The Kier molecular flexibility index (Phi) is 27.1. The molecule has 0 aromatic heterocycles. The number of hydrogen-bond donors (Lipinski definition) is 0. The minimum Gasteiger partial charge on any atom is -0.377 e. The van der Waals surface area contributed by atoms with E-state index in [9.17, 15) is 0 Å². The second-order valence-corrected chi connectivity index (χ2v) is 7.69. The van der Waals surface area contributed by atoms with Gasteiger partial charge in [-0.2, -0.15) is 0 Å². The van der Waals surface area contributed by atoms with Gasteiger partial charge in [0.05, 0.1) is 126 Å². The molecule has 1 aromatic carbocycles. The van der Waals surface area contributed by atoms with Crippen molar-refractivity contribution in [3.8, 4) is 12.3 Å². The van der Waals surface area contributed by atoms with Crippen molar-refractivity contribution in [2.75, 3.05) is 126 Å². The van der Waals surface area contributed by atoms with Gasteiger partial charge < -0.3 is 47.4 Å². The van der Waals surface area contributed by atoms with Crippen LogP contribution < -0.4 is 0 Å². The van der Waals surface area contributed by atoms with Crippen molar-refractivity contribution in [3.63, 3.8) is 0 Å². The number of benzene rings is 1. The van der Waals surface area contributed by atoms with E-state index in [1.165, 1.54) is 0 Å². The van der Waals surface area contributed by atoms with Gasteiger partial charge in [-0.3, -0.25) is 0 Å². The lowest BCUT2D eigenvalue weighted by Gasteiger charge is -2.09. The normalized spacial score (nSPS) is 11.1. The van der Waals surface area contributed by atoms with Gasteiger partial charge in [-0.05, 0) is 5.56 Å². The molecular formula is C28H46O10. The van der Waals surface area contributed by atoms with Crippen molar-refractivity contribution >= 4 is 0 Å². The summed E-state index contributed by atoms with van der Waals surface area (Å²) in [5, 5.41) is 0. The molecule has 0 N–H and O–H groups in total. The van der Waals surface area contributed by atoms with Crippen molar-refractivity contribution in [2.24, 2.45) is 0 Å². The second-order valence-electron chi connectivity index (χ2n) is 7.69. The number of ether oxygens (including phenoxy) is 10. The van der Waals surface area contributed by atoms with E-state index in [1.807, 2.05) is 30.3 Å².